The van der Waals surface area contributed by atoms with Gasteiger partial charge in [-0.25, -0.2) is 23.2 Å². The summed E-state index contributed by atoms with van der Waals surface area (Å²) in [5.74, 6) is -0.497. The molecule has 32 heavy (non-hydrogen) atoms. The second kappa shape index (κ2) is 8.32. The first-order chi connectivity index (χ1) is 15.2. The number of anilines is 1. The number of nitrogens with one attached hydrogen (secondary N) is 1. The Morgan fingerprint density at radius 3 is 2.59 bits per heavy atom. The summed E-state index contributed by atoms with van der Waals surface area (Å²) in [6.45, 7) is 2.09. The summed E-state index contributed by atoms with van der Waals surface area (Å²) in [5.41, 5.74) is 2.35. The van der Waals surface area contributed by atoms with Gasteiger partial charge in [-0.2, -0.15) is 0 Å². The minimum Gasteiger partial charge on any atom is -0.325 e. The monoisotopic (exact) mass is 453 g/mol. The molecule has 12 heteroatoms. The highest BCUT2D eigenvalue weighted by Crippen LogP contribution is 2.13. The number of benzene rings is 2. The topological polar surface area (TPSA) is 155 Å². The highest BCUT2D eigenvalue weighted by Gasteiger charge is 2.15. The number of rotatable bonds is 6. The van der Waals surface area contributed by atoms with E-state index in [0.29, 0.717) is 17.9 Å². The number of nitrogens with zero attached hydrogens (tertiary/aromatic N) is 5. The van der Waals surface area contributed by atoms with Crippen LogP contribution in [0.3, 0.4) is 0 Å². The molecular formula is C20H19N7O4S. The van der Waals surface area contributed by atoms with E-state index >= 15 is 0 Å². The van der Waals surface area contributed by atoms with Gasteiger partial charge < -0.3 is 5.32 Å². The van der Waals surface area contributed by atoms with Crippen molar-refractivity contribution in [3.63, 3.8) is 0 Å². The SMILES string of the molecule is Cc1cccc(Cn2nnc3c(=O)n(CC(=O)Nc4ccc(S(N)(=O)=O)cc4)cnc32)c1. The number of fused-ring (bicyclic) bond motifs is 1. The van der Waals surface area contributed by atoms with Crippen LogP contribution in [0.2, 0.25) is 0 Å². The van der Waals surface area contributed by atoms with Crippen molar-refractivity contribution in [1.82, 2.24) is 24.5 Å². The van der Waals surface area contributed by atoms with Gasteiger partial charge >= 0.3 is 0 Å². The number of nitrogens with two attached hydrogens (primary N) is 1. The summed E-state index contributed by atoms with van der Waals surface area (Å²) in [7, 11) is -3.82. The third kappa shape index (κ3) is 4.55. The number of amides is 1. The number of aryl methyl sites for hydroxylation is 1. The van der Waals surface area contributed by atoms with Crippen LogP contribution in [-0.2, 0) is 27.9 Å². The molecule has 0 bridgehead atoms. The predicted molar refractivity (Wildman–Crippen MR) is 116 cm³/mol. The first-order valence-corrected chi connectivity index (χ1v) is 11.0. The standard InChI is InChI=1S/C20H19N7O4S/c1-13-3-2-4-14(9-13)10-27-19-18(24-25-27)20(29)26(12-22-19)11-17(28)23-15-5-7-16(8-6-15)32(21,30)31/h2-9,12H,10-11H2,1H3,(H,23,28)(H2,21,30,31). The Hall–Kier alpha value is -3.90. The van der Waals surface area contributed by atoms with E-state index in [9.17, 15) is 18.0 Å². The molecule has 4 aromatic rings. The van der Waals surface area contributed by atoms with Crippen LogP contribution < -0.4 is 16.0 Å². The lowest BCUT2D eigenvalue weighted by molar-refractivity contribution is -0.116. The maximum absolute atomic E-state index is 12.7. The van der Waals surface area contributed by atoms with E-state index in [1.54, 1.807) is 0 Å². The highest BCUT2D eigenvalue weighted by atomic mass is 32.2. The molecule has 2 heterocycles. The van der Waals surface area contributed by atoms with Gasteiger partial charge in [0.05, 0.1) is 11.4 Å². The van der Waals surface area contributed by atoms with Crippen molar-refractivity contribution in [1.29, 1.82) is 0 Å². The molecule has 0 radical (unpaired) electrons. The number of primary sulfonamides is 1. The van der Waals surface area contributed by atoms with Crippen molar-refractivity contribution >= 4 is 32.8 Å². The van der Waals surface area contributed by atoms with Crippen molar-refractivity contribution in [2.24, 2.45) is 5.14 Å². The zero-order chi connectivity index (χ0) is 22.9. The average Bonchev–Trinajstić information content (AvgIpc) is 3.13. The van der Waals surface area contributed by atoms with E-state index in [0.717, 1.165) is 15.7 Å². The normalized spacial score (nSPS) is 11.6. The molecule has 2 aromatic heterocycles. The smallest absolute Gasteiger partial charge is 0.283 e. The molecule has 0 aliphatic carbocycles. The van der Waals surface area contributed by atoms with Crippen molar-refractivity contribution in [2.45, 2.75) is 24.9 Å². The minimum absolute atomic E-state index is 0.0606. The van der Waals surface area contributed by atoms with Crippen LogP contribution >= 0.6 is 0 Å². The van der Waals surface area contributed by atoms with Crippen molar-refractivity contribution in [3.8, 4) is 0 Å². The molecule has 0 spiro atoms. The predicted octanol–water partition coefficient (Wildman–Crippen LogP) is 0.631. The Morgan fingerprint density at radius 1 is 1.16 bits per heavy atom. The fraction of sp³-hybridized carbons (Fsp3) is 0.150. The van der Waals surface area contributed by atoms with E-state index < -0.39 is 21.5 Å². The van der Waals surface area contributed by atoms with Gasteiger partial charge in [0.1, 0.15) is 12.9 Å². The molecule has 0 saturated carbocycles. The van der Waals surface area contributed by atoms with Crippen LogP contribution in [0.5, 0.6) is 0 Å². The van der Waals surface area contributed by atoms with E-state index in [1.165, 1.54) is 35.3 Å². The second-order valence-electron chi connectivity index (χ2n) is 7.20. The fourth-order valence-electron chi connectivity index (χ4n) is 3.17. The van der Waals surface area contributed by atoms with E-state index in [-0.39, 0.29) is 17.0 Å². The molecule has 3 N–H and O–H groups in total. The van der Waals surface area contributed by atoms with Gasteiger partial charge in [-0.05, 0) is 36.8 Å². The summed E-state index contributed by atoms with van der Waals surface area (Å²) in [6.07, 6.45) is 1.27. The van der Waals surface area contributed by atoms with Gasteiger partial charge in [-0.1, -0.05) is 35.0 Å². The van der Waals surface area contributed by atoms with Gasteiger partial charge in [0.2, 0.25) is 15.9 Å². The van der Waals surface area contributed by atoms with Crippen LogP contribution in [-0.4, -0.2) is 38.9 Å². The molecule has 2 aromatic carbocycles. The van der Waals surface area contributed by atoms with Crippen molar-refractivity contribution in [3.05, 3.63) is 76.3 Å². The molecule has 11 nitrogen and oxygen atoms in total. The summed E-state index contributed by atoms with van der Waals surface area (Å²) in [5, 5.41) is 15.6. The maximum Gasteiger partial charge on any atom is 0.283 e. The first kappa shape index (κ1) is 21.3. The number of carbonyl (C=O) groups is 1. The number of hydrogen-bond donors (Lipinski definition) is 2. The number of carbonyl (C=O) groups excluding carboxylic acids is 1. The summed E-state index contributed by atoms with van der Waals surface area (Å²) in [6, 6.07) is 13.2. The third-order valence-electron chi connectivity index (χ3n) is 4.69. The molecule has 0 atom stereocenters. The summed E-state index contributed by atoms with van der Waals surface area (Å²) >= 11 is 0. The van der Waals surface area contributed by atoms with Gasteiger partial charge in [0.15, 0.2) is 11.2 Å². The second-order valence-corrected chi connectivity index (χ2v) is 8.76. The fourth-order valence-corrected chi connectivity index (χ4v) is 3.69. The van der Waals surface area contributed by atoms with Crippen LogP contribution in [0.1, 0.15) is 11.1 Å². The molecule has 1 amide bonds. The first-order valence-electron chi connectivity index (χ1n) is 9.47. The summed E-state index contributed by atoms with van der Waals surface area (Å²) < 4.78 is 25.3. The number of hydrogen-bond acceptors (Lipinski definition) is 7. The van der Waals surface area contributed by atoms with Crippen molar-refractivity contribution in [2.75, 3.05) is 5.32 Å². The van der Waals surface area contributed by atoms with Crippen LogP contribution in [0.4, 0.5) is 5.69 Å². The lowest BCUT2D eigenvalue weighted by Crippen LogP contribution is -2.28. The van der Waals surface area contributed by atoms with Gasteiger partial charge in [0.25, 0.3) is 5.56 Å². The summed E-state index contributed by atoms with van der Waals surface area (Å²) in [4.78, 5) is 29.3. The Bertz CT molecular complexity index is 1470. The third-order valence-corrected chi connectivity index (χ3v) is 5.62. The molecule has 0 saturated heterocycles. The minimum atomic E-state index is -3.82. The molecule has 164 valence electrons. The number of aromatic nitrogens is 5. The zero-order valence-corrected chi connectivity index (χ0v) is 17.8. The Kier molecular flexibility index (Phi) is 5.55. The molecule has 0 aliphatic rings. The Labute approximate surface area is 182 Å². The molecule has 0 aliphatic heterocycles. The van der Waals surface area contributed by atoms with Crippen LogP contribution in [0, 0.1) is 6.92 Å². The highest BCUT2D eigenvalue weighted by molar-refractivity contribution is 7.89. The van der Waals surface area contributed by atoms with Crippen molar-refractivity contribution < 1.29 is 13.2 Å². The largest absolute Gasteiger partial charge is 0.325 e. The van der Waals surface area contributed by atoms with E-state index in [4.69, 9.17) is 5.14 Å². The van der Waals surface area contributed by atoms with Crippen LogP contribution in [0.15, 0.2) is 64.5 Å². The maximum atomic E-state index is 12.7. The molecule has 0 unspecified atom stereocenters. The quantitative estimate of drug-likeness (QED) is 0.434. The van der Waals surface area contributed by atoms with Gasteiger partial charge in [-0.3, -0.25) is 14.2 Å². The Morgan fingerprint density at radius 2 is 1.91 bits per heavy atom. The average molecular weight is 453 g/mol. The van der Waals surface area contributed by atoms with E-state index in [1.807, 2.05) is 31.2 Å². The van der Waals surface area contributed by atoms with E-state index in [2.05, 4.69) is 20.6 Å². The Balaban J connectivity index is 1.50. The lowest BCUT2D eigenvalue weighted by atomic mass is 10.1. The van der Waals surface area contributed by atoms with Gasteiger partial charge in [-0.15, -0.1) is 5.10 Å². The number of sulfonamides is 1. The molecular weight excluding hydrogens is 434 g/mol. The molecule has 0 fully saturated rings. The van der Waals surface area contributed by atoms with Gasteiger partial charge in [0, 0.05) is 5.69 Å². The molecule has 4 rings (SSSR count). The lowest BCUT2D eigenvalue weighted by Gasteiger charge is -2.08. The zero-order valence-electron chi connectivity index (χ0n) is 17.0. The van der Waals surface area contributed by atoms with Crippen LogP contribution in [0.25, 0.3) is 11.2 Å².